The summed E-state index contributed by atoms with van der Waals surface area (Å²) in [6.45, 7) is 2.44. The second-order valence-electron chi connectivity index (χ2n) is 8.91. The highest BCUT2D eigenvalue weighted by molar-refractivity contribution is 5.74. The molecule has 29 heavy (non-hydrogen) atoms. The van der Waals surface area contributed by atoms with Gasteiger partial charge in [-0.25, -0.2) is 9.78 Å². The van der Waals surface area contributed by atoms with Crippen LogP contribution in [0.3, 0.4) is 0 Å². The van der Waals surface area contributed by atoms with Crippen molar-refractivity contribution in [1.82, 2.24) is 24.7 Å². The molecule has 1 saturated carbocycles. The van der Waals surface area contributed by atoms with Crippen LogP contribution in [0, 0.1) is 0 Å². The number of amides is 2. The first-order valence-corrected chi connectivity index (χ1v) is 11.1. The van der Waals surface area contributed by atoms with E-state index in [2.05, 4.69) is 52.3 Å². The largest absolute Gasteiger partial charge is 0.335 e. The van der Waals surface area contributed by atoms with Crippen molar-refractivity contribution in [1.29, 1.82) is 0 Å². The monoisotopic (exact) mass is 393 g/mol. The minimum atomic E-state index is -0.135. The van der Waals surface area contributed by atoms with E-state index in [1.54, 1.807) is 0 Å². The van der Waals surface area contributed by atoms with Crippen LogP contribution in [0.15, 0.2) is 36.7 Å². The Kier molecular flexibility index (Phi) is 4.82. The van der Waals surface area contributed by atoms with E-state index in [0.29, 0.717) is 6.04 Å². The summed E-state index contributed by atoms with van der Waals surface area (Å²) in [7, 11) is 2.21. The van der Waals surface area contributed by atoms with Crippen LogP contribution in [0.2, 0.25) is 0 Å². The molecule has 1 N–H and O–H groups in total. The zero-order valence-corrected chi connectivity index (χ0v) is 17.3. The van der Waals surface area contributed by atoms with Gasteiger partial charge in [0.05, 0.1) is 11.2 Å². The average molecular weight is 394 g/mol. The van der Waals surface area contributed by atoms with Gasteiger partial charge < -0.3 is 14.8 Å². The number of urea groups is 1. The molecule has 6 heteroatoms. The molecule has 1 saturated heterocycles. The highest BCUT2D eigenvalue weighted by atomic mass is 16.2. The summed E-state index contributed by atoms with van der Waals surface area (Å²) in [6.07, 6.45) is 11.8. The summed E-state index contributed by atoms with van der Waals surface area (Å²) in [5.74, 6) is 1.11. The van der Waals surface area contributed by atoms with Crippen molar-refractivity contribution in [2.45, 2.75) is 63.1 Å². The van der Waals surface area contributed by atoms with Gasteiger partial charge in [0.15, 0.2) is 0 Å². The highest BCUT2D eigenvalue weighted by Gasteiger charge is 2.45. The summed E-state index contributed by atoms with van der Waals surface area (Å²) in [5, 5.41) is 3.28. The minimum absolute atomic E-state index is 0.120. The topological polar surface area (TPSA) is 53.4 Å². The number of para-hydroxylation sites is 1. The molecule has 3 aliphatic rings. The second kappa shape index (κ2) is 7.48. The van der Waals surface area contributed by atoms with Gasteiger partial charge >= 0.3 is 6.03 Å². The highest BCUT2D eigenvalue weighted by Crippen LogP contribution is 2.41. The van der Waals surface area contributed by atoms with Crippen molar-refractivity contribution in [2.24, 2.45) is 0 Å². The molecular formula is C23H31N5O. The molecule has 1 aliphatic carbocycles. The lowest BCUT2D eigenvalue weighted by Gasteiger charge is -2.46. The summed E-state index contributed by atoms with van der Waals surface area (Å²) in [4.78, 5) is 22.1. The summed E-state index contributed by atoms with van der Waals surface area (Å²) in [5.41, 5.74) is 2.41. The summed E-state index contributed by atoms with van der Waals surface area (Å²) < 4.78 is 2.26. The number of fused-ring (bicyclic) bond motifs is 4. The van der Waals surface area contributed by atoms with Crippen molar-refractivity contribution in [3.05, 3.63) is 48.0 Å². The van der Waals surface area contributed by atoms with E-state index in [1.165, 1.54) is 30.5 Å². The maximum atomic E-state index is 12.8. The Balaban J connectivity index is 1.35. The number of hydrogen-bond acceptors (Lipinski definition) is 3. The molecule has 0 radical (unpaired) electrons. The van der Waals surface area contributed by atoms with E-state index < -0.39 is 0 Å². The zero-order valence-electron chi connectivity index (χ0n) is 17.3. The third-order valence-electron chi connectivity index (χ3n) is 7.26. The molecule has 2 fully saturated rings. The number of aromatic nitrogens is 2. The summed E-state index contributed by atoms with van der Waals surface area (Å²) >= 11 is 0. The van der Waals surface area contributed by atoms with Crippen LogP contribution >= 0.6 is 0 Å². The van der Waals surface area contributed by atoms with Crippen LogP contribution < -0.4 is 5.32 Å². The van der Waals surface area contributed by atoms with E-state index in [-0.39, 0.29) is 11.6 Å². The predicted octanol–water partition coefficient (Wildman–Crippen LogP) is 3.65. The first kappa shape index (κ1) is 18.7. The molecule has 2 aliphatic heterocycles. The molecule has 1 aromatic heterocycles. The number of carbonyl (C=O) groups excluding carboxylic acids is 1. The Morgan fingerprint density at radius 3 is 2.69 bits per heavy atom. The van der Waals surface area contributed by atoms with Crippen LogP contribution in [0.25, 0.3) is 5.69 Å². The van der Waals surface area contributed by atoms with Crippen LogP contribution in [0.4, 0.5) is 4.79 Å². The van der Waals surface area contributed by atoms with Gasteiger partial charge in [0.25, 0.3) is 0 Å². The molecule has 6 nitrogen and oxygen atoms in total. The fourth-order valence-electron chi connectivity index (χ4n) is 5.50. The Hall–Kier alpha value is -2.34. The second-order valence-corrected chi connectivity index (χ2v) is 8.91. The van der Waals surface area contributed by atoms with Crippen molar-refractivity contribution in [3.63, 3.8) is 0 Å². The van der Waals surface area contributed by atoms with Crippen LogP contribution in [-0.4, -0.2) is 51.6 Å². The summed E-state index contributed by atoms with van der Waals surface area (Å²) in [6, 6.07) is 9.08. The van der Waals surface area contributed by atoms with Gasteiger partial charge in [0.2, 0.25) is 0 Å². The average Bonchev–Trinajstić information content (AvgIpc) is 3.22. The number of nitrogens with one attached hydrogen (secondary N) is 1. The standard InChI is InChI=1S/C23H31N5O/c1-26-17-18-7-5-6-10-20(18)28-16-13-24-21(28)23(26)11-14-27(15-12-23)22(29)25-19-8-3-2-4-9-19/h5-7,10,13,16,19H,2-4,8-9,11-12,14-15,17H2,1H3,(H,25,29). The van der Waals surface area contributed by atoms with E-state index >= 15 is 0 Å². The lowest BCUT2D eigenvalue weighted by molar-refractivity contribution is 0.0353. The molecule has 1 aromatic carbocycles. The van der Waals surface area contributed by atoms with Gasteiger partial charge in [-0.1, -0.05) is 37.5 Å². The Morgan fingerprint density at radius 2 is 1.90 bits per heavy atom. The first-order chi connectivity index (χ1) is 14.2. The number of benzene rings is 1. The maximum absolute atomic E-state index is 12.8. The molecule has 1 spiro atoms. The number of nitrogens with zero attached hydrogens (tertiary/aromatic N) is 4. The molecule has 3 heterocycles. The van der Waals surface area contributed by atoms with E-state index in [1.807, 2.05) is 11.1 Å². The molecular weight excluding hydrogens is 362 g/mol. The first-order valence-electron chi connectivity index (χ1n) is 11.1. The fourth-order valence-corrected chi connectivity index (χ4v) is 5.50. The van der Waals surface area contributed by atoms with Gasteiger partial charge in [-0.3, -0.25) is 4.90 Å². The number of carbonyl (C=O) groups is 1. The molecule has 154 valence electrons. The fraction of sp³-hybridized carbons (Fsp3) is 0.565. The number of rotatable bonds is 1. The number of imidazole rings is 1. The third-order valence-corrected chi connectivity index (χ3v) is 7.26. The van der Waals surface area contributed by atoms with Crippen LogP contribution in [0.1, 0.15) is 56.3 Å². The zero-order chi connectivity index (χ0) is 19.8. The van der Waals surface area contributed by atoms with Gasteiger partial charge in [0, 0.05) is 38.1 Å². The van der Waals surface area contributed by atoms with E-state index in [4.69, 9.17) is 4.98 Å². The normalized spacial score (nSPS) is 22.0. The lowest BCUT2D eigenvalue weighted by Crippen LogP contribution is -2.55. The van der Waals surface area contributed by atoms with Gasteiger partial charge in [-0.15, -0.1) is 0 Å². The molecule has 2 aromatic rings. The van der Waals surface area contributed by atoms with Crippen molar-refractivity contribution < 1.29 is 4.79 Å². The molecule has 2 amide bonds. The van der Waals surface area contributed by atoms with Gasteiger partial charge in [-0.2, -0.15) is 0 Å². The Bertz CT molecular complexity index is 877. The number of likely N-dealkylation sites (tertiary alicyclic amines) is 1. The SMILES string of the molecule is CN1Cc2ccccc2-n2ccnc2C12CCN(C(=O)NC1CCCCC1)CC2. The van der Waals surface area contributed by atoms with Crippen LogP contribution in [0.5, 0.6) is 0 Å². The predicted molar refractivity (Wildman–Crippen MR) is 113 cm³/mol. The van der Waals surface area contributed by atoms with Gasteiger partial charge in [-0.05, 0) is 44.4 Å². The lowest BCUT2D eigenvalue weighted by atomic mass is 9.85. The Labute approximate surface area is 172 Å². The third kappa shape index (κ3) is 3.23. The molecule has 0 atom stereocenters. The molecule has 0 unspecified atom stereocenters. The van der Waals surface area contributed by atoms with Crippen molar-refractivity contribution >= 4 is 6.03 Å². The maximum Gasteiger partial charge on any atom is 0.317 e. The quantitative estimate of drug-likeness (QED) is 0.805. The van der Waals surface area contributed by atoms with Gasteiger partial charge in [0.1, 0.15) is 5.82 Å². The van der Waals surface area contributed by atoms with Crippen molar-refractivity contribution in [3.8, 4) is 5.69 Å². The van der Waals surface area contributed by atoms with Crippen LogP contribution in [-0.2, 0) is 12.1 Å². The number of piperidine rings is 1. The minimum Gasteiger partial charge on any atom is -0.335 e. The molecule has 0 bridgehead atoms. The Morgan fingerprint density at radius 1 is 1.14 bits per heavy atom. The molecule has 5 rings (SSSR count). The van der Waals surface area contributed by atoms with E-state index in [0.717, 1.165) is 51.1 Å². The number of hydrogen-bond donors (Lipinski definition) is 1. The van der Waals surface area contributed by atoms with E-state index in [9.17, 15) is 4.79 Å². The van der Waals surface area contributed by atoms with Crippen molar-refractivity contribution in [2.75, 3.05) is 20.1 Å². The smallest absolute Gasteiger partial charge is 0.317 e.